The molecule has 0 saturated carbocycles. The van der Waals surface area contributed by atoms with Gasteiger partial charge in [0.1, 0.15) is 5.69 Å². The molecule has 0 radical (unpaired) electrons. The van der Waals surface area contributed by atoms with Crippen molar-refractivity contribution in [2.24, 2.45) is 0 Å². The van der Waals surface area contributed by atoms with Crippen LogP contribution in [0.4, 0.5) is 5.69 Å². The number of nitrogens with zero attached hydrogens (tertiary/aromatic N) is 1. The van der Waals surface area contributed by atoms with E-state index in [0.717, 1.165) is 0 Å². The number of nitrogens with one attached hydrogen (secondary N) is 1. The van der Waals surface area contributed by atoms with Crippen LogP contribution in [0.1, 0.15) is 10.5 Å². The molecule has 0 unspecified atom stereocenters. The average Bonchev–Trinajstić information content (AvgIpc) is 2.15. The third-order valence-electron chi connectivity index (χ3n) is 1.42. The molecule has 1 rings (SSSR count). The first-order valence-electron chi connectivity index (χ1n) is 3.78. The summed E-state index contributed by atoms with van der Waals surface area (Å²) in [5.41, 5.74) is 0.629. The number of hydrogen-bond donors (Lipinski definition) is 3. The minimum atomic E-state index is -1.06. The molecule has 70 valence electrons. The van der Waals surface area contributed by atoms with E-state index < -0.39 is 5.97 Å². The summed E-state index contributed by atoms with van der Waals surface area (Å²) in [5, 5.41) is 19.9. The molecule has 0 aliphatic carbocycles. The second-order valence-corrected chi connectivity index (χ2v) is 2.39. The second kappa shape index (κ2) is 4.42. The van der Waals surface area contributed by atoms with Crippen molar-refractivity contribution in [3.63, 3.8) is 0 Å². The number of carboxylic acid groups (broad SMARTS) is 1. The first-order valence-corrected chi connectivity index (χ1v) is 3.78. The number of aromatic carboxylic acids is 1. The Balaban J connectivity index is 2.73. The predicted molar refractivity (Wildman–Crippen MR) is 46.8 cm³/mol. The predicted octanol–water partition coefficient (Wildman–Crippen LogP) is 0.184. The number of anilines is 1. The van der Waals surface area contributed by atoms with Crippen LogP contribution in [0.3, 0.4) is 0 Å². The van der Waals surface area contributed by atoms with E-state index in [9.17, 15) is 4.79 Å². The average molecular weight is 182 g/mol. The van der Waals surface area contributed by atoms with Crippen molar-refractivity contribution >= 4 is 11.7 Å². The number of rotatable bonds is 4. The van der Waals surface area contributed by atoms with Crippen LogP contribution < -0.4 is 5.32 Å². The molecular formula is C8H10N2O3. The lowest BCUT2D eigenvalue weighted by molar-refractivity contribution is 0.0690. The molecule has 0 aliphatic heterocycles. The van der Waals surface area contributed by atoms with Gasteiger partial charge in [-0.05, 0) is 12.1 Å². The van der Waals surface area contributed by atoms with Crippen molar-refractivity contribution in [1.29, 1.82) is 0 Å². The minimum absolute atomic E-state index is 0.00469. The SMILES string of the molecule is O=C(O)c1cc(NCCO)ccn1. The highest BCUT2D eigenvalue weighted by Crippen LogP contribution is 2.06. The van der Waals surface area contributed by atoms with Gasteiger partial charge >= 0.3 is 5.97 Å². The molecule has 1 heterocycles. The summed E-state index contributed by atoms with van der Waals surface area (Å²) in [7, 11) is 0. The lowest BCUT2D eigenvalue weighted by atomic mass is 10.3. The van der Waals surface area contributed by atoms with Crippen LogP contribution in [0.25, 0.3) is 0 Å². The zero-order chi connectivity index (χ0) is 9.68. The number of pyridine rings is 1. The fourth-order valence-electron chi connectivity index (χ4n) is 0.858. The number of aliphatic hydroxyl groups is 1. The van der Waals surface area contributed by atoms with E-state index in [1.807, 2.05) is 0 Å². The maximum absolute atomic E-state index is 10.5. The normalized spacial score (nSPS) is 9.62. The molecule has 5 nitrogen and oxygen atoms in total. The minimum Gasteiger partial charge on any atom is -0.477 e. The number of carboxylic acids is 1. The summed E-state index contributed by atoms with van der Waals surface area (Å²) >= 11 is 0. The Kier molecular flexibility index (Phi) is 3.22. The van der Waals surface area contributed by atoms with Gasteiger partial charge in [-0.15, -0.1) is 0 Å². The maximum atomic E-state index is 10.5. The Labute approximate surface area is 75.0 Å². The molecule has 0 aromatic carbocycles. The van der Waals surface area contributed by atoms with Gasteiger partial charge in [0.2, 0.25) is 0 Å². The lowest BCUT2D eigenvalue weighted by Crippen LogP contribution is -2.07. The van der Waals surface area contributed by atoms with Crippen molar-refractivity contribution in [2.45, 2.75) is 0 Å². The number of carbonyl (C=O) groups is 1. The first-order chi connectivity index (χ1) is 6.24. The third kappa shape index (κ3) is 2.72. The van der Waals surface area contributed by atoms with E-state index >= 15 is 0 Å². The van der Waals surface area contributed by atoms with Gasteiger partial charge in [-0.1, -0.05) is 0 Å². The van der Waals surface area contributed by atoms with Crippen molar-refractivity contribution in [3.8, 4) is 0 Å². The molecule has 0 saturated heterocycles. The zero-order valence-corrected chi connectivity index (χ0v) is 6.90. The fraction of sp³-hybridized carbons (Fsp3) is 0.250. The van der Waals surface area contributed by atoms with E-state index in [2.05, 4.69) is 10.3 Å². The molecule has 0 aliphatic rings. The van der Waals surface area contributed by atoms with Gasteiger partial charge in [0.25, 0.3) is 0 Å². The summed E-state index contributed by atoms with van der Waals surface area (Å²) in [5.74, 6) is -1.06. The summed E-state index contributed by atoms with van der Waals surface area (Å²) in [6.07, 6.45) is 1.41. The van der Waals surface area contributed by atoms with Crippen LogP contribution in [0.5, 0.6) is 0 Å². The Morgan fingerprint density at radius 3 is 3.00 bits per heavy atom. The summed E-state index contributed by atoms with van der Waals surface area (Å²) in [6.45, 7) is 0.397. The highest BCUT2D eigenvalue weighted by Gasteiger charge is 2.03. The zero-order valence-electron chi connectivity index (χ0n) is 6.90. The quantitative estimate of drug-likeness (QED) is 0.619. The van der Waals surface area contributed by atoms with E-state index in [1.165, 1.54) is 12.3 Å². The summed E-state index contributed by atoms with van der Waals surface area (Å²) in [6, 6.07) is 3.06. The second-order valence-electron chi connectivity index (χ2n) is 2.39. The Bertz CT molecular complexity index is 301. The molecule has 0 bridgehead atoms. The van der Waals surface area contributed by atoms with Crippen LogP contribution in [0.15, 0.2) is 18.3 Å². The molecule has 1 aromatic heterocycles. The first kappa shape index (κ1) is 9.47. The van der Waals surface area contributed by atoms with Crippen LogP contribution in [0, 0.1) is 0 Å². The molecular weight excluding hydrogens is 172 g/mol. The van der Waals surface area contributed by atoms with Crippen molar-refractivity contribution < 1.29 is 15.0 Å². The molecule has 0 amide bonds. The van der Waals surface area contributed by atoms with Gasteiger partial charge in [0, 0.05) is 18.4 Å². The molecule has 13 heavy (non-hydrogen) atoms. The topological polar surface area (TPSA) is 82.5 Å². The fourth-order valence-corrected chi connectivity index (χ4v) is 0.858. The summed E-state index contributed by atoms with van der Waals surface area (Å²) < 4.78 is 0. The van der Waals surface area contributed by atoms with E-state index in [0.29, 0.717) is 12.2 Å². The molecule has 3 N–H and O–H groups in total. The smallest absolute Gasteiger partial charge is 0.354 e. The standard InChI is InChI=1S/C8H10N2O3/c11-4-3-9-6-1-2-10-7(5-6)8(12)13/h1-2,5,11H,3-4H2,(H,9,10)(H,12,13). The van der Waals surface area contributed by atoms with Gasteiger partial charge in [0.05, 0.1) is 6.61 Å². The Morgan fingerprint density at radius 1 is 1.62 bits per heavy atom. The molecule has 1 aromatic rings. The van der Waals surface area contributed by atoms with Gasteiger partial charge in [0.15, 0.2) is 0 Å². The van der Waals surface area contributed by atoms with E-state index in [4.69, 9.17) is 10.2 Å². The van der Waals surface area contributed by atoms with Crippen molar-refractivity contribution in [1.82, 2.24) is 4.98 Å². The monoisotopic (exact) mass is 182 g/mol. The molecule has 0 spiro atoms. The molecule has 5 heteroatoms. The third-order valence-corrected chi connectivity index (χ3v) is 1.42. The van der Waals surface area contributed by atoms with Gasteiger partial charge in [-0.3, -0.25) is 0 Å². The summed E-state index contributed by atoms with van der Waals surface area (Å²) in [4.78, 5) is 14.1. The van der Waals surface area contributed by atoms with E-state index in [1.54, 1.807) is 6.07 Å². The van der Waals surface area contributed by atoms with Crippen LogP contribution in [-0.2, 0) is 0 Å². The number of aliphatic hydroxyl groups excluding tert-OH is 1. The highest BCUT2D eigenvalue weighted by molar-refractivity contribution is 5.86. The van der Waals surface area contributed by atoms with Gasteiger partial charge < -0.3 is 15.5 Å². The van der Waals surface area contributed by atoms with Crippen molar-refractivity contribution in [3.05, 3.63) is 24.0 Å². The largest absolute Gasteiger partial charge is 0.477 e. The number of aromatic nitrogens is 1. The highest BCUT2D eigenvalue weighted by atomic mass is 16.4. The van der Waals surface area contributed by atoms with Crippen LogP contribution in [0.2, 0.25) is 0 Å². The Morgan fingerprint density at radius 2 is 2.38 bits per heavy atom. The molecule has 0 fully saturated rings. The van der Waals surface area contributed by atoms with Crippen LogP contribution >= 0.6 is 0 Å². The maximum Gasteiger partial charge on any atom is 0.354 e. The van der Waals surface area contributed by atoms with Gasteiger partial charge in [-0.25, -0.2) is 9.78 Å². The molecule has 0 atom stereocenters. The Hall–Kier alpha value is -1.62. The number of hydrogen-bond acceptors (Lipinski definition) is 4. The van der Waals surface area contributed by atoms with Crippen molar-refractivity contribution in [2.75, 3.05) is 18.5 Å². The lowest BCUT2D eigenvalue weighted by Gasteiger charge is -2.03. The van der Waals surface area contributed by atoms with E-state index in [-0.39, 0.29) is 12.3 Å². The van der Waals surface area contributed by atoms with Gasteiger partial charge in [-0.2, -0.15) is 0 Å². The van der Waals surface area contributed by atoms with Crippen LogP contribution in [-0.4, -0.2) is 34.3 Å².